The average molecular weight is 329 g/mol. The predicted molar refractivity (Wildman–Crippen MR) is 97.9 cm³/mol. The van der Waals surface area contributed by atoms with E-state index in [1.165, 1.54) is 16.7 Å². The Morgan fingerprint density at radius 2 is 1.65 bits per heavy atom. The minimum atomic E-state index is 0.243. The van der Waals surface area contributed by atoms with Crippen molar-refractivity contribution in [1.29, 1.82) is 0 Å². The van der Waals surface area contributed by atoms with Gasteiger partial charge in [0, 0.05) is 30.7 Å². The van der Waals surface area contributed by atoms with Crippen LogP contribution in [0, 0.1) is 0 Å². The summed E-state index contributed by atoms with van der Waals surface area (Å²) in [6, 6.07) is 17.4. The Balaban J connectivity index is 1.69. The molecule has 1 heterocycles. The maximum absolute atomic E-state index is 6.32. The summed E-state index contributed by atoms with van der Waals surface area (Å²) in [7, 11) is 0. The molecular formula is C20H25ClN2. The van der Waals surface area contributed by atoms with Gasteiger partial charge in [0.15, 0.2) is 0 Å². The average Bonchev–Trinajstić information content (AvgIpc) is 2.56. The first-order valence-electron chi connectivity index (χ1n) is 8.45. The van der Waals surface area contributed by atoms with E-state index in [1.54, 1.807) is 0 Å². The van der Waals surface area contributed by atoms with Crippen molar-refractivity contribution in [3.05, 3.63) is 70.2 Å². The lowest BCUT2D eigenvalue weighted by molar-refractivity contribution is 0.181. The monoisotopic (exact) mass is 328 g/mol. The van der Waals surface area contributed by atoms with Gasteiger partial charge in [0.25, 0.3) is 0 Å². The van der Waals surface area contributed by atoms with Crippen molar-refractivity contribution in [1.82, 2.24) is 4.90 Å². The summed E-state index contributed by atoms with van der Waals surface area (Å²) in [5.41, 5.74) is 10.4. The lowest BCUT2D eigenvalue weighted by Gasteiger charge is -2.36. The highest BCUT2D eigenvalue weighted by Crippen LogP contribution is 2.28. The van der Waals surface area contributed by atoms with E-state index in [1.807, 2.05) is 12.1 Å². The van der Waals surface area contributed by atoms with Crippen LogP contribution < -0.4 is 5.73 Å². The molecular weight excluding hydrogens is 304 g/mol. The highest BCUT2D eigenvalue weighted by Gasteiger charge is 2.26. The molecule has 3 rings (SSSR count). The fourth-order valence-electron chi connectivity index (χ4n) is 3.48. The Morgan fingerprint density at radius 1 is 1.00 bits per heavy atom. The van der Waals surface area contributed by atoms with E-state index in [-0.39, 0.29) is 6.04 Å². The predicted octanol–water partition coefficient (Wildman–Crippen LogP) is 4.22. The Morgan fingerprint density at radius 3 is 2.30 bits per heavy atom. The third-order valence-electron chi connectivity index (χ3n) is 4.74. The van der Waals surface area contributed by atoms with Crippen LogP contribution in [0.4, 0.5) is 0 Å². The van der Waals surface area contributed by atoms with Gasteiger partial charge in [0.2, 0.25) is 0 Å². The van der Waals surface area contributed by atoms with Crippen LogP contribution in [0.3, 0.4) is 0 Å². The molecule has 1 aliphatic heterocycles. The van der Waals surface area contributed by atoms with Crippen LogP contribution in [0.2, 0.25) is 5.02 Å². The van der Waals surface area contributed by atoms with E-state index in [9.17, 15) is 0 Å². The SMILES string of the molecule is CCc1ccc(C2CC(N)CN(Cc3ccc(Cl)cc3)C2)cc1. The third-order valence-corrected chi connectivity index (χ3v) is 4.99. The lowest BCUT2D eigenvalue weighted by Crippen LogP contribution is -2.45. The molecule has 2 aromatic carbocycles. The molecule has 0 bridgehead atoms. The van der Waals surface area contributed by atoms with Gasteiger partial charge in [-0.25, -0.2) is 0 Å². The fourth-order valence-corrected chi connectivity index (χ4v) is 3.60. The molecule has 0 spiro atoms. The summed E-state index contributed by atoms with van der Waals surface area (Å²) in [6.45, 7) is 5.17. The molecule has 0 saturated carbocycles. The summed E-state index contributed by atoms with van der Waals surface area (Å²) >= 11 is 5.97. The molecule has 1 aliphatic rings. The minimum absolute atomic E-state index is 0.243. The Kier molecular flexibility index (Phi) is 5.37. The normalized spacial score (nSPS) is 22.2. The maximum Gasteiger partial charge on any atom is 0.0406 e. The van der Waals surface area contributed by atoms with Gasteiger partial charge in [-0.2, -0.15) is 0 Å². The van der Waals surface area contributed by atoms with Gasteiger partial charge in [-0.3, -0.25) is 4.90 Å². The van der Waals surface area contributed by atoms with Crippen LogP contribution in [0.25, 0.3) is 0 Å². The van der Waals surface area contributed by atoms with Gasteiger partial charge in [-0.05, 0) is 47.6 Å². The van der Waals surface area contributed by atoms with Gasteiger partial charge in [0.05, 0.1) is 0 Å². The topological polar surface area (TPSA) is 29.3 Å². The second-order valence-electron chi connectivity index (χ2n) is 6.61. The smallest absolute Gasteiger partial charge is 0.0406 e. The highest BCUT2D eigenvalue weighted by molar-refractivity contribution is 6.30. The molecule has 2 atom stereocenters. The van der Waals surface area contributed by atoms with Crippen molar-refractivity contribution >= 4 is 11.6 Å². The number of nitrogens with two attached hydrogens (primary N) is 1. The summed E-state index contributed by atoms with van der Waals surface area (Å²) in [5.74, 6) is 0.525. The van der Waals surface area contributed by atoms with E-state index >= 15 is 0 Å². The lowest BCUT2D eigenvalue weighted by atomic mass is 9.87. The van der Waals surface area contributed by atoms with Crippen LogP contribution in [0.5, 0.6) is 0 Å². The van der Waals surface area contributed by atoms with Crippen molar-refractivity contribution in [3.8, 4) is 0 Å². The second kappa shape index (κ2) is 7.48. The largest absolute Gasteiger partial charge is 0.327 e. The molecule has 1 fully saturated rings. The molecule has 3 heteroatoms. The first-order valence-corrected chi connectivity index (χ1v) is 8.83. The van der Waals surface area contributed by atoms with Crippen LogP contribution in [0.1, 0.15) is 36.0 Å². The summed E-state index contributed by atoms with van der Waals surface area (Å²) in [6.07, 6.45) is 2.16. The second-order valence-corrected chi connectivity index (χ2v) is 7.04. The first kappa shape index (κ1) is 16.5. The number of piperidine rings is 1. The standard InChI is InChI=1S/C20H25ClN2/c1-2-15-3-7-17(8-4-15)18-11-20(22)14-23(13-18)12-16-5-9-19(21)10-6-16/h3-10,18,20H,2,11-14,22H2,1H3. The van der Waals surface area contributed by atoms with E-state index < -0.39 is 0 Å². The van der Waals surface area contributed by atoms with Crippen molar-refractivity contribution in [2.75, 3.05) is 13.1 Å². The van der Waals surface area contributed by atoms with E-state index in [2.05, 4.69) is 48.2 Å². The molecule has 23 heavy (non-hydrogen) atoms. The number of benzene rings is 2. The number of nitrogens with zero attached hydrogens (tertiary/aromatic N) is 1. The van der Waals surface area contributed by atoms with Crippen molar-refractivity contribution < 1.29 is 0 Å². The van der Waals surface area contributed by atoms with E-state index in [0.717, 1.165) is 37.5 Å². The quantitative estimate of drug-likeness (QED) is 0.910. The van der Waals surface area contributed by atoms with Gasteiger partial charge < -0.3 is 5.73 Å². The zero-order chi connectivity index (χ0) is 16.2. The Labute approximate surface area is 144 Å². The molecule has 2 unspecified atom stereocenters. The van der Waals surface area contributed by atoms with Crippen molar-refractivity contribution in [2.45, 2.75) is 38.3 Å². The van der Waals surface area contributed by atoms with Crippen LogP contribution in [-0.2, 0) is 13.0 Å². The maximum atomic E-state index is 6.32. The number of halogens is 1. The molecule has 2 nitrogen and oxygen atoms in total. The Bertz CT molecular complexity index is 621. The zero-order valence-electron chi connectivity index (χ0n) is 13.7. The third kappa shape index (κ3) is 4.35. The highest BCUT2D eigenvalue weighted by atomic mass is 35.5. The summed E-state index contributed by atoms with van der Waals surface area (Å²) in [5, 5.41) is 0.790. The van der Waals surface area contributed by atoms with Gasteiger partial charge in [-0.1, -0.05) is 54.9 Å². The van der Waals surface area contributed by atoms with E-state index in [4.69, 9.17) is 17.3 Å². The molecule has 2 aromatic rings. The number of rotatable bonds is 4. The first-order chi connectivity index (χ1) is 11.1. The number of aryl methyl sites for hydroxylation is 1. The van der Waals surface area contributed by atoms with Gasteiger partial charge in [0.1, 0.15) is 0 Å². The summed E-state index contributed by atoms with van der Waals surface area (Å²) < 4.78 is 0. The zero-order valence-corrected chi connectivity index (χ0v) is 14.5. The van der Waals surface area contributed by atoms with Crippen LogP contribution in [-0.4, -0.2) is 24.0 Å². The summed E-state index contributed by atoms with van der Waals surface area (Å²) in [4.78, 5) is 2.47. The molecule has 122 valence electrons. The van der Waals surface area contributed by atoms with Crippen molar-refractivity contribution in [3.63, 3.8) is 0 Å². The van der Waals surface area contributed by atoms with E-state index in [0.29, 0.717) is 5.92 Å². The fraction of sp³-hybridized carbons (Fsp3) is 0.400. The number of likely N-dealkylation sites (tertiary alicyclic amines) is 1. The molecule has 0 aromatic heterocycles. The van der Waals surface area contributed by atoms with Crippen LogP contribution >= 0.6 is 11.6 Å². The molecule has 1 saturated heterocycles. The Hall–Kier alpha value is -1.35. The number of hydrogen-bond donors (Lipinski definition) is 1. The van der Waals surface area contributed by atoms with Crippen LogP contribution in [0.15, 0.2) is 48.5 Å². The van der Waals surface area contributed by atoms with Gasteiger partial charge >= 0.3 is 0 Å². The van der Waals surface area contributed by atoms with Crippen molar-refractivity contribution in [2.24, 2.45) is 5.73 Å². The molecule has 0 amide bonds. The molecule has 0 radical (unpaired) electrons. The molecule has 0 aliphatic carbocycles. The minimum Gasteiger partial charge on any atom is -0.327 e. The van der Waals surface area contributed by atoms with Gasteiger partial charge in [-0.15, -0.1) is 0 Å². The number of hydrogen-bond acceptors (Lipinski definition) is 2. The molecule has 2 N–H and O–H groups in total.